The van der Waals surface area contributed by atoms with Crippen LogP contribution in [-0.4, -0.2) is 27.8 Å². The van der Waals surface area contributed by atoms with E-state index in [1.807, 2.05) is 0 Å². The molecule has 0 bridgehead atoms. The summed E-state index contributed by atoms with van der Waals surface area (Å²) in [6, 6.07) is 12.1. The quantitative estimate of drug-likeness (QED) is 0.774. The zero-order chi connectivity index (χ0) is 15.7. The average Bonchev–Trinajstić information content (AvgIpc) is 2.80. The van der Waals surface area contributed by atoms with Gasteiger partial charge in [0.25, 0.3) is 11.8 Å². The molecule has 0 N–H and O–H groups in total. The molecule has 0 aliphatic carbocycles. The molecule has 0 saturated heterocycles. The molecule has 1 aromatic heterocycles. The van der Waals surface area contributed by atoms with Crippen molar-refractivity contribution in [2.75, 3.05) is 0 Å². The Morgan fingerprint density at radius 1 is 1.05 bits per heavy atom. The number of amides is 2. The van der Waals surface area contributed by atoms with E-state index in [0.29, 0.717) is 5.06 Å². The summed E-state index contributed by atoms with van der Waals surface area (Å²) in [7, 11) is 0. The first kappa shape index (κ1) is 13.5. The fraction of sp³-hybridized carbons (Fsp3) is 0. The Kier molecular flexibility index (Phi) is 3.12. The van der Waals surface area contributed by atoms with Gasteiger partial charge < -0.3 is 4.84 Å². The van der Waals surface area contributed by atoms with Crippen molar-refractivity contribution in [1.82, 2.24) is 10.0 Å². The number of pyridine rings is 1. The van der Waals surface area contributed by atoms with Crippen LogP contribution in [-0.2, 0) is 4.84 Å². The number of nitriles is 1. The molecule has 106 valence electrons. The van der Waals surface area contributed by atoms with Crippen molar-refractivity contribution >= 4 is 17.8 Å². The number of hydrogen-bond donors (Lipinski definition) is 0. The Morgan fingerprint density at radius 3 is 2.27 bits per heavy atom. The SMILES string of the molecule is N#Cc1cccc(C(=O)ON2C(=O)c3ccccc3C2=O)n1. The van der Waals surface area contributed by atoms with Crippen molar-refractivity contribution in [3.8, 4) is 6.07 Å². The van der Waals surface area contributed by atoms with E-state index in [1.54, 1.807) is 18.2 Å². The first-order valence-corrected chi connectivity index (χ1v) is 6.19. The van der Waals surface area contributed by atoms with Crippen molar-refractivity contribution in [2.24, 2.45) is 0 Å². The highest BCUT2D eigenvalue weighted by Gasteiger charge is 2.38. The Balaban J connectivity index is 1.85. The van der Waals surface area contributed by atoms with E-state index in [1.165, 1.54) is 30.3 Å². The highest BCUT2D eigenvalue weighted by molar-refractivity contribution is 6.21. The van der Waals surface area contributed by atoms with Gasteiger partial charge in [-0.15, -0.1) is 0 Å². The van der Waals surface area contributed by atoms with E-state index in [4.69, 9.17) is 10.1 Å². The number of carbonyl (C=O) groups is 3. The summed E-state index contributed by atoms with van der Waals surface area (Å²) in [4.78, 5) is 44.6. The van der Waals surface area contributed by atoms with Crippen LogP contribution >= 0.6 is 0 Å². The molecule has 2 amide bonds. The number of rotatable bonds is 2. The monoisotopic (exact) mass is 293 g/mol. The van der Waals surface area contributed by atoms with E-state index < -0.39 is 17.8 Å². The summed E-state index contributed by atoms with van der Waals surface area (Å²) >= 11 is 0. The van der Waals surface area contributed by atoms with Crippen LogP contribution in [0.3, 0.4) is 0 Å². The molecule has 7 heteroatoms. The number of fused-ring (bicyclic) bond motifs is 1. The Bertz CT molecular complexity index is 819. The molecular formula is C15H7N3O4. The van der Waals surface area contributed by atoms with Gasteiger partial charge >= 0.3 is 5.97 Å². The van der Waals surface area contributed by atoms with Crippen molar-refractivity contribution in [1.29, 1.82) is 5.26 Å². The molecule has 0 radical (unpaired) electrons. The second-order valence-electron chi connectivity index (χ2n) is 4.35. The van der Waals surface area contributed by atoms with Crippen LogP contribution in [0.4, 0.5) is 0 Å². The minimum Gasteiger partial charge on any atom is -0.323 e. The van der Waals surface area contributed by atoms with Gasteiger partial charge in [0.05, 0.1) is 11.1 Å². The minimum absolute atomic E-state index is 0.0248. The normalized spacial score (nSPS) is 12.8. The molecule has 0 spiro atoms. The largest absolute Gasteiger partial charge is 0.382 e. The maximum atomic E-state index is 12.1. The Hall–Kier alpha value is -3.53. The number of nitrogens with zero attached hydrogens (tertiary/aromatic N) is 3. The van der Waals surface area contributed by atoms with Gasteiger partial charge in [-0.1, -0.05) is 23.3 Å². The van der Waals surface area contributed by atoms with Gasteiger partial charge in [0.2, 0.25) is 0 Å². The van der Waals surface area contributed by atoms with Crippen LogP contribution in [0.5, 0.6) is 0 Å². The van der Waals surface area contributed by atoms with Crippen LogP contribution < -0.4 is 0 Å². The van der Waals surface area contributed by atoms with Gasteiger partial charge in [0.1, 0.15) is 11.8 Å². The van der Waals surface area contributed by atoms with Gasteiger partial charge in [-0.05, 0) is 24.3 Å². The fourth-order valence-electron chi connectivity index (χ4n) is 1.99. The van der Waals surface area contributed by atoms with Gasteiger partial charge in [0.15, 0.2) is 5.69 Å². The molecule has 1 aliphatic heterocycles. The Labute approximate surface area is 124 Å². The third-order valence-corrected chi connectivity index (χ3v) is 3.00. The molecule has 1 aliphatic rings. The Morgan fingerprint density at radius 2 is 1.68 bits per heavy atom. The van der Waals surface area contributed by atoms with Crippen molar-refractivity contribution in [3.05, 3.63) is 65.0 Å². The van der Waals surface area contributed by atoms with Gasteiger partial charge in [-0.25, -0.2) is 9.78 Å². The zero-order valence-electron chi connectivity index (χ0n) is 11.0. The number of benzene rings is 1. The first-order chi connectivity index (χ1) is 10.6. The number of hydroxylamine groups is 2. The summed E-state index contributed by atoms with van der Waals surface area (Å²) < 4.78 is 0. The third kappa shape index (κ3) is 2.09. The van der Waals surface area contributed by atoms with Gasteiger partial charge in [0, 0.05) is 0 Å². The van der Waals surface area contributed by atoms with E-state index in [-0.39, 0.29) is 22.5 Å². The highest BCUT2D eigenvalue weighted by Crippen LogP contribution is 2.23. The maximum absolute atomic E-state index is 12.1. The summed E-state index contributed by atoms with van der Waals surface area (Å²) in [5, 5.41) is 9.14. The fourth-order valence-corrected chi connectivity index (χ4v) is 1.99. The van der Waals surface area contributed by atoms with Crippen LogP contribution in [0.2, 0.25) is 0 Å². The van der Waals surface area contributed by atoms with Crippen LogP contribution in [0.15, 0.2) is 42.5 Å². The van der Waals surface area contributed by atoms with Crippen molar-refractivity contribution < 1.29 is 19.2 Å². The molecule has 0 unspecified atom stereocenters. The van der Waals surface area contributed by atoms with Gasteiger partial charge in [-0.2, -0.15) is 5.26 Å². The lowest BCUT2D eigenvalue weighted by molar-refractivity contribution is -0.0588. The number of hydrogen-bond acceptors (Lipinski definition) is 6. The van der Waals surface area contributed by atoms with Crippen LogP contribution in [0.25, 0.3) is 0 Å². The lowest BCUT2D eigenvalue weighted by atomic mass is 10.1. The molecule has 0 saturated carbocycles. The molecule has 2 heterocycles. The predicted octanol–water partition coefficient (Wildman–Crippen LogP) is 1.32. The lowest BCUT2D eigenvalue weighted by Gasteiger charge is -2.12. The first-order valence-electron chi connectivity index (χ1n) is 6.19. The number of carbonyl (C=O) groups excluding carboxylic acids is 3. The average molecular weight is 293 g/mol. The van der Waals surface area contributed by atoms with E-state index >= 15 is 0 Å². The summed E-state index contributed by atoms with van der Waals surface area (Å²) in [6.45, 7) is 0. The summed E-state index contributed by atoms with van der Waals surface area (Å²) in [6.07, 6.45) is 0. The van der Waals surface area contributed by atoms with Crippen LogP contribution in [0.1, 0.15) is 36.9 Å². The van der Waals surface area contributed by atoms with E-state index in [2.05, 4.69) is 4.98 Å². The zero-order valence-corrected chi connectivity index (χ0v) is 11.0. The van der Waals surface area contributed by atoms with E-state index in [9.17, 15) is 14.4 Å². The predicted molar refractivity (Wildman–Crippen MR) is 71.3 cm³/mol. The molecule has 22 heavy (non-hydrogen) atoms. The van der Waals surface area contributed by atoms with Crippen molar-refractivity contribution in [2.45, 2.75) is 0 Å². The third-order valence-electron chi connectivity index (χ3n) is 3.00. The molecule has 3 rings (SSSR count). The standard InChI is InChI=1S/C15H7N3O4/c16-8-9-4-3-7-12(17-9)15(21)22-18-13(19)10-5-1-2-6-11(10)14(18)20/h1-7H. The second-order valence-corrected chi connectivity index (χ2v) is 4.35. The summed E-state index contributed by atoms with van der Waals surface area (Å²) in [5.41, 5.74) is 0.186. The molecule has 0 fully saturated rings. The molecule has 7 nitrogen and oxygen atoms in total. The molecule has 2 aromatic rings. The topological polar surface area (TPSA) is 100 Å². The second kappa shape index (κ2) is 5.10. The highest BCUT2D eigenvalue weighted by atomic mass is 16.7. The minimum atomic E-state index is -0.994. The number of imide groups is 1. The van der Waals surface area contributed by atoms with E-state index in [0.717, 1.165) is 0 Å². The smallest absolute Gasteiger partial charge is 0.323 e. The summed E-state index contributed by atoms with van der Waals surface area (Å²) in [5.74, 6) is -2.43. The molecule has 0 atom stereocenters. The number of aromatic nitrogens is 1. The molecule has 1 aromatic carbocycles. The van der Waals surface area contributed by atoms with Crippen LogP contribution in [0, 0.1) is 11.3 Å². The lowest BCUT2D eigenvalue weighted by Crippen LogP contribution is -2.33. The molecular weight excluding hydrogens is 286 g/mol. The van der Waals surface area contributed by atoms with Gasteiger partial charge in [-0.3, -0.25) is 9.59 Å². The van der Waals surface area contributed by atoms with Crippen molar-refractivity contribution in [3.63, 3.8) is 0 Å². The maximum Gasteiger partial charge on any atom is 0.382 e.